The number of ether oxygens (including phenoxy) is 1. The Balaban J connectivity index is 1.29. The highest BCUT2D eigenvalue weighted by Crippen LogP contribution is 2.29. The highest BCUT2D eigenvalue weighted by atomic mass is 19.1. The van der Waals surface area contributed by atoms with Gasteiger partial charge in [0.25, 0.3) is 0 Å². The van der Waals surface area contributed by atoms with Crippen molar-refractivity contribution in [2.75, 3.05) is 20.2 Å². The second-order valence-electron chi connectivity index (χ2n) is 7.67. The van der Waals surface area contributed by atoms with Gasteiger partial charge in [-0.25, -0.2) is 4.39 Å². The molecule has 1 heterocycles. The third-order valence-electron chi connectivity index (χ3n) is 5.68. The van der Waals surface area contributed by atoms with Gasteiger partial charge >= 0.3 is 0 Å². The summed E-state index contributed by atoms with van der Waals surface area (Å²) in [7, 11) is 2.24. The minimum atomic E-state index is -0.326. The molecular weight excluding hydrogens is 355 g/mol. The quantitative estimate of drug-likeness (QED) is 0.494. The lowest BCUT2D eigenvalue weighted by molar-refractivity contribution is 0.177. The summed E-state index contributed by atoms with van der Waals surface area (Å²) < 4.78 is 24.4. The van der Waals surface area contributed by atoms with E-state index < -0.39 is 0 Å². The number of halogens is 1. The molecule has 0 unspecified atom stereocenters. The topological polar surface area (TPSA) is 38.5 Å². The Morgan fingerprint density at radius 2 is 1.89 bits per heavy atom. The summed E-state index contributed by atoms with van der Waals surface area (Å²) in [5, 5.41) is 4.89. The average Bonchev–Trinajstić information content (AvgIpc) is 3.15. The first-order valence-corrected chi connectivity index (χ1v) is 10.2. The van der Waals surface area contributed by atoms with Gasteiger partial charge < -0.3 is 14.2 Å². The van der Waals surface area contributed by atoms with E-state index in [2.05, 4.69) is 17.1 Å². The maximum Gasteiger partial charge on any atom is 0.170 e. The minimum Gasteiger partial charge on any atom is -0.494 e. The van der Waals surface area contributed by atoms with E-state index in [0.717, 1.165) is 41.4 Å². The molecule has 1 saturated carbocycles. The zero-order valence-corrected chi connectivity index (χ0v) is 16.4. The first-order valence-electron chi connectivity index (χ1n) is 10.2. The number of hydrogen-bond acceptors (Lipinski definition) is 4. The maximum absolute atomic E-state index is 13.3. The molecule has 4 nitrogen and oxygen atoms in total. The highest BCUT2D eigenvalue weighted by molar-refractivity contribution is 5.91. The summed E-state index contributed by atoms with van der Waals surface area (Å²) in [6.45, 7) is 1.78. The van der Waals surface area contributed by atoms with E-state index in [1.807, 2.05) is 24.3 Å². The molecule has 0 atom stereocenters. The Morgan fingerprint density at radius 3 is 2.68 bits per heavy atom. The number of rotatable bonds is 7. The highest BCUT2D eigenvalue weighted by Gasteiger charge is 2.17. The summed E-state index contributed by atoms with van der Waals surface area (Å²) in [6.07, 6.45) is 7.82. The molecule has 5 heteroatoms. The summed E-state index contributed by atoms with van der Waals surface area (Å²) in [4.78, 5) is 2.49. The predicted octanol–water partition coefficient (Wildman–Crippen LogP) is 5.67. The summed E-state index contributed by atoms with van der Waals surface area (Å²) in [5.41, 5.74) is 2.10. The van der Waals surface area contributed by atoms with Crippen molar-refractivity contribution in [3.05, 3.63) is 48.3 Å². The van der Waals surface area contributed by atoms with E-state index in [0.29, 0.717) is 12.2 Å². The van der Waals surface area contributed by atoms with Crippen LogP contribution in [0.4, 0.5) is 4.39 Å². The van der Waals surface area contributed by atoms with Crippen molar-refractivity contribution >= 4 is 11.0 Å². The van der Waals surface area contributed by atoms with Gasteiger partial charge in [0, 0.05) is 29.6 Å². The van der Waals surface area contributed by atoms with Crippen LogP contribution in [0.3, 0.4) is 0 Å². The molecule has 3 aromatic rings. The average molecular weight is 382 g/mol. The second-order valence-corrected chi connectivity index (χ2v) is 7.67. The molecule has 1 fully saturated rings. The Bertz CT molecular complexity index is 901. The van der Waals surface area contributed by atoms with Crippen molar-refractivity contribution in [3.63, 3.8) is 0 Å². The SMILES string of the molecule is CN(CCCOc1ccc(-c2noc3cc(F)ccc23)cc1)C1CCCCC1. The Kier molecular flexibility index (Phi) is 5.91. The predicted molar refractivity (Wildman–Crippen MR) is 109 cm³/mol. The fourth-order valence-electron chi connectivity index (χ4n) is 4.04. The number of fused-ring (bicyclic) bond motifs is 1. The second kappa shape index (κ2) is 8.74. The molecule has 1 aromatic heterocycles. The molecule has 0 aliphatic heterocycles. The van der Waals surface area contributed by atoms with Crippen molar-refractivity contribution in [1.29, 1.82) is 0 Å². The number of hydrogen-bond donors (Lipinski definition) is 0. The van der Waals surface area contributed by atoms with E-state index >= 15 is 0 Å². The van der Waals surface area contributed by atoms with Crippen molar-refractivity contribution in [2.45, 2.75) is 44.6 Å². The molecular formula is C23H27FN2O2. The van der Waals surface area contributed by atoms with Crippen LogP contribution in [0.5, 0.6) is 5.75 Å². The van der Waals surface area contributed by atoms with E-state index in [9.17, 15) is 4.39 Å². The van der Waals surface area contributed by atoms with Gasteiger partial charge in [0.15, 0.2) is 5.58 Å². The third kappa shape index (κ3) is 4.36. The minimum absolute atomic E-state index is 0.326. The van der Waals surface area contributed by atoms with Crippen molar-refractivity contribution in [3.8, 4) is 17.0 Å². The van der Waals surface area contributed by atoms with Crippen LogP contribution in [0.1, 0.15) is 38.5 Å². The molecule has 0 N–H and O–H groups in total. The van der Waals surface area contributed by atoms with Gasteiger partial charge in [-0.2, -0.15) is 0 Å². The lowest BCUT2D eigenvalue weighted by Gasteiger charge is -2.31. The lowest BCUT2D eigenvalue weighted by Crippen LogP contribution is -2.34. The molecule has 0 radical (unpaired) electrons. The first kappa shape index (κ1) is 18.9. The van der Waals surface area contributed by atoms with Crippen LogP contribution in [0.25, 0.3) is 22.2 Å². The zero-order valence-electron chi connectivity index (χ0n) is 16.4. The fourth-order valence-corrected chi connectivity index (χ4v) is 4.04. The molecule has 1 aliphatic rings. The van der Waals surface area contributed by atoms with Crippen LogP contribution in [0.2, 0.25) is 0 Å². The van der Waals surface area contributed by atoms with Crippen LogP contribution in [0, 0.1) is 5.82 Å². The van der Waals surface area contributed by atoms with E-state index in [1.165, 1.54) is 44.2 Å². The van der Waals surface area contributed by atoms with Crippen LogP contribution in [-0.4, -0.2) is 36.3 Å². The Hall–Kier alpha value is -2.40. The van der Waals surface area contributed by atoms with Gasteiger partial charge in [-0.1, -0.05) is 24.4 Å². The van der Waals surface area contributed by atoms with Crippen LogP contribution in [0.15, 0.2) is 47.0 Å². The van der Waals surface area contributed by atoms with Crippen LogP contribution < -0.4 is 4.74 Å². The Morgan fingerprint density at radius 1 is 1.11 bits per heavy atom. The molecule has 2 aromatic carbocycles. The molecule has 0 bridgehead atoms. The van der Waals surface area contributed by atoms with Crippen LogP contribution >= 0.6 is 0 Å². The smallest absolute Gasteiger partial charge is 0.170 e. The lowest BCUT2D eigenvalue weighted by atomic mass is 9.94. The third-order valence-corrected chi connectivity index (χ3v) is 5.68. The van der Waals surface area contributed by atoms with Crippen molar-refractivity contribution in [2.24, 2.45) is 0 Å². The molecule has 4 rings (SSSR count). The van der Waals surface area contributed by atoms with Gasteiger partial charge in [0.2, 0.25) is 0 Å². The van der Waals surface area contributed by atoms with Gasteiger partial charge in [-0.3, -0.25) is 0 Å². The largest absolute Gasteiger partial charge is 0.494 e. The standard InChI is InChI=1S/C23H27FN2O2/c1-26(19-6-3-2-4-7-19)14-5-15-27-20-11-8-17(9-12-20)23-21-13-10-18(24)16-22(21)28-25-23/h8-13,16,19H,2-7,14-15H2,1H3. The van der Waals surface area contributed by atoms with Crippen molar-refractivity contribution in [1.82, 2.24) is 10.1 Å². The van der Waals surface area contributed by atoms with Gasteiger partial charge in [-0.15, -0.1) is 0 Å². The fraction of sp³-hybridized carbons (Fsp3) is 0.435. The maximum atomic E-state index is 13.3. The van der Waals surface area contributed by atoms with Crippen molar-refractivity contribution < 1.29 is 13.7 Å². The number of benzene rings is 2. The van der Waals surface area contributed by atoms with E-state index in [-0.39, 0.29) is 5.82 Å². The van der Waals surface area contributed by atoms with Gasteiger partial charge in [-0.05, 0) is 62.7 Å². The molecule has 1 aliphatic carbocycles. The molecule has 0 saturated heterocycles. The van der Waals surface area contributed by atoms with E-state index in [1.54, 1.807) is 6.07 Å². The molecule has 0 amide bonds. The zero-order chi connectivity index (χ0) is 19.3. The number of aromatic nitrogens is 1. The van der Waals surface area contributed by atoms with Gasteiger partial charge in [0.1, 0.15) is 17.3 Å². The monoisotopic (exact) mass is 382 g/mol. The summed E-state index contributed by atoms with van der Waals surface area (Å²) in [6, 6.07) is 13.0. The molecule has 0 spiro atoms. The normalized spacial score (nSPS) is 15.4. The number of nitrogens with zero attached hydrogens (tertiary/aromatic N) is 2. The Labute approximate surface area is 165 Å². The van der Waals surface area contributed by atoms with E-state index in [4.69, 9.17) is 9.26 Å². The first-order chi connectivity index (χ1) is 13.7. The van der Waals surface area contributed by atoms with Gasteiger partial charge in [0.05, 0.1) is 6.61 Å². The molecule has 28 heavy (non-hydrogen) atoms. The van der Waals surface area contributed by atoms with Crippen LogP contribution in [-0.2, 0) is 0 Å². The molecule has 148 valence electrons. The summed E-state index contributed by atoms with van der Waals surface area (Å²) in [5.74, 6) is 0.524. The summed E-state index contributed by atoms with van der Waals surface area (Å²) >= 11 is 0.